The fourth-order valence-corrected chi connectivity index (χ4v) is 3.01. The Morgan fingerprint density at radius 3 is 2.16 bits per heavy atom. The van der Waals surface area contributed by atoms with Crippen LogP contribution in [-0.4, -0.2) is 0 Å². The normalized spacial score (nSPS) is 16.4. The molecule has 0 radical (unpaired) electrons. The first-order valence-corrected chi connectivity index (χ1v) is 7.36. The van der Waals surface area contributed by atoms with Crippen LogP contribution in [0.5, 0.6) is 0 Å². The summed E-state index contributed by atoms with van der Waals surface area (Å²) in [6, 6.07) is 14.5. The van der Waals surface area contributed by atoms with Crippen LogP contribution in [0.4, 0.5) is 0 Å². The van der Waals surface area contributed by atoms with Gasteiger partial charge < -0.3 is 0 Å². The van der Waals surface area contributed by atoms with E-state index in [9.17, 15) is 0 Å². The maximum atomic E-state index is 6.42. The van der Waals surface area contributed by atoms with Gasteiger partial charge in [0.15, 0.2) is 0 Å². The molecular weight excluding hydrogens is 275 g/mol. The zero-order chi connectivity index (χ0) is 13.5. The molecular formula is C17H16Cl2. The van der Waals surface area contributed by atoms with E-state index in [4.69, 9.17) is 23.2 Å². The standard InChI is InChI=1S/C17H16Cl2/c1-17(8-9-17)15-7-4-13(11-16(15)19)10-12-2-5-14(18)6-3-12/h2-7,11H,8-10H2,1H3. The van der Waals surface area contributed by atoms with Crippen LogP contribution in [0.1, 0.15) is 36.5 Å². The molecule has 2 heteroatoms. The van der Waals surface area contributed by atoms with Gasteiger partial charge in [0.1, 0.15) is 0 Å². The zero-order valence-electron chi connectivity index (χ0n) is 10.9. The summed E-state index contributed by atoms with van der Waals surface area (Å²) in [6.45, 7) is 2.28. The minimum Gasteiger partial charge on any atom is -0.0843 e. The van der Waals surface area contributed by atoms with Crippen LogP contribution in [0.25, 0.3) is 0 Å². The van der Waals surface area contributed by atoms with E-state index in [1.54, 1.807) is 0 Å². The van der Waals surface area contributed by atoms with E-state index in [2.05, 4.69) is 37.3 Å². The summed E-state index contributed by atoms with van der Waals surface area (Å²) in [5, 5.41) is 1.69. The molecule has 19 heavy (non-hydrogen) atoms. The number of hydrogen-bond donors (Lipinski definition) is 0. The minimum absolute atomic E-state index is 0.329. The highest BCUT2D eigenvalue weighted by Crippen LogP contribution is 2.50. The molecule has 0 aliphatic heterocycles. The first kappa shape index (κ1) is 13.0. The Bertz CT molecular complexity index is 595. The SMILES string of the molecule is CC1(c2ccc(Cc3ccc(Cl)cc3)cc2Cl)CC1. The summed E-state index contributed by atoms with van der Waals surface area (Å²) in [7, 11) is 0. The molecule has 0 N–H and O–H groups in total. The Morgan fingerprint density at radius 1 is 0.947 bits per heavy atom. The second kappa shape index (κ2) is 4.85. The lowest BCUT2D eigenvalue weighted by Gasteiger charge is -2.12. The van der Waals surface area contributed by atoms with Crippen molar-refractivity contribution < 1.29 is 0 Å². The number of benzene rings is 2. The van der Waals surface area contributed by atoms with E-state index in [1.165, 1.54) is 29.5 Å². The van der Waals surface area contributed by atoms with Gasteiger partial charge >= 0.3 is 0 Å². The molecule has 2 aromatic carbocycles. The summed E-state index contributed by atoms with van der Waals surface area (Å²) in [5.41, 5.74) is 4.13. The van der Waals surface area contributed by atoms with Crippen molar-refractivity contribution in [3.8, 4) is 0 Å². The van der Waals surface area contributed by atoms with Crippen LogP contribution < -0.4 is 0 Å². The average Bonchev–Trinajstić information content (AvgIpc) is 3.11. The molecule has 0 nitrogen and oxygen atoms in total. The molecule has 0 aromatic heterocycles. The Balaban J connectivity index is 1.82. The van der Waals surface area contributed by atoms with Crippen LogP contribution in [0, 0.1) is 0 Å². The Hall–Kier alpha value is -0.980. The van der Waals surface area contributed by atoms with Gasteiger partial charge in [-0.05, 0) is 59.6 Å². The van der Waals surface area contributed by atoms with Crippen molar-refractivity contribution in [2.75, 3.05) is 0 Å². The topological polar surface area (TPSA) is 0 Å². The van der Waals surface area contributed by atoms with Crippen molar-refractivity contribution >= 4 is 23.2 Å². The summed E-state index contributed by atoms with van der Waals surface area (Å²) < 4.78 is 0. The van der Waals surface area contributed by atoms with Gasteiger partial charge in [0, 0.05) is 10.0 Å². The van der Waals surface area contributed by atoms with Crippen molar-refractivity contribution in [3.05, 3.63) is 69.2 Å². The fourth-order valence-electron chi connectivity index (χ4n) is 2.45. The Labute approximate surface area is 124 Å². The van der Waals surface area contributed by atoms with Gasteiger partial charge in [0.25, 0.3) is 0 Å². The lowest BCUT2D eigenvalue weighted by atomic mass is 9.95. The maximum absolute atomic E-state index is 6.42. The highest BCUT2D eigenvalue weighted by atomic mass is 35.5. The average molecular weight is 291 g/mol. The third-order valence-electron chi connectivity index (χ3n) is 4.01. The molecule has 1 aliphatic rings. The molecule has 0 heterocycles. The van der Waals surface area contributed by atoms with Crippen molar-refractivity contribution in [1.82, 2.24) is 0 Å². The molecule has 1 saturated carbocycles. The summed E-state index contributed by atoms with van der Waals surface area (Å²) in [5.74, 6) is 0. The molecule has 98 valence electrons. The molecule has 2 aromatic rings. The van der Waals surface area contributed by atoms with E-state index in [0.717, 1.165) is 16.5 Å². The molecule has 1 fully saturated rings. The smallest absolute Gasteiger partial charge is 0.0446 e. The number of hydrogen-bond acceptors (Lipinski definition) is 0. The van der Waals surface area contributed by atoms with E-state index < -0.39 is 0 Å². The second-order valence-corrected chi connectivity index (χ2v) is 6.52. The van der Waals surface area contributed by atoms with Gasteiger partial charge in [0.2, 0.25) is 0 Å². The predicted octanol–water partition coefficient (Wildman–Crippen LogP) is 5.64. The number of rotatable bonds is 3. The summed E-state index contributed by atoms with van der Waals surface area (Å²) >= 11 is 12.3. The van der Waals surface area contributed by atoms with Gasteiger partial charge in [0.05, 0.1) is 0 Å². The van der Waals surface area contributed by atoms with E-state index >= 15 is 0 Å². The third-order valence-corrected chi connectivity index (χ3v) is 4.57. The molecule has 1 aliphatic carbocycles. The van der Waals surface area contributed by atoms with Crippen molar-refractivity contribution in [1.29, 1.82) is 0 Å². The zero-order valence-corrected chi connectivity index (χ0v) is 12.4. The highest BCUT2D eigenvalue weighted by Gasteiger charge is 2.40. The van der Waals surface area contributed by atoms with Crippen molar-refractivity contribution in [2.24, 2.45) is 0 Å². The quantitative estimate of drug-likeness (QED) is 0.687. The van der Waals surface area contributed by atoms with Crippen LogP contribution in [0.3, 0.4) is 0 Å². The molecule has 0 atom stereocenters. The van der Waals surface area contributed by atoms with Crippen molar-refractivity contribution in [3.63, 3.8) is 0 Å². The molecule has 0 saturated heterocycles. The van der Waals surface area contributed by atoms with Gasteiger partial charge in [-0.25, -0.2) is 0 Å². The molecule has 0 spiro atoms. The summed E-state index contributed by atoms with van der Waals surface area (Å²) in [6.07, 6.45) is 3.40. The predicted molar refractivity (Wildman–Crippen MR) is 82.3 cm³/mol. The van der Waals surface area contributed by atoms with E-state index in [-0.39, 0.29) is 0 Å². The maximum Gasteiger partial charge on any atom is 0.0446 e. The van der Waals surface area contributed by atoms with Gasteiger partial charge in [-0.15, -0.1) is 0 Å². The van der Waals surface area contributed by atoms with Crippen LogP contribution in [-0.2, 0) is 11.8 Å². The Morgan fingerprint density at radius 2 is 1.58 bits per heavy atom. The van der Waals surface area contributed by atoms with Gasteiger partial charge in [-0.1, -0.05) is 54.4 Å². The first-order valence-electron chi connectivity index (χ1n) is 6.60. The molecule has 0 bridgehead atoms. The van der Waals surface area contributed by atoms with E-state index in [1.807, 2.05) is 12.1 Å². The van der Waals surface area contributed by atoms with Crippen LogP contribution in [0.15, 0.2) is 42.5 Å². The highest BCUT2D eigenvalue weighted by molar-refractivity contribution is 6.31. The molecule has 3 rings (SSSR count). The van der Waals surface area contributed by atoms with Crippen LogP contribution in [0.2, 0.25) is 10.0 Å². The fraction of sp³-hybridized carbons (Fsp3) is 0.294. The number of halogens is 2. The van der Waals surface area contributed by atoms with Gasteiger partial charge in [-0.3, -0.25) is 0 Å². The lowest BCUT2D eigenvalue weighted by molar-refractivity contribution is 0.787. The minimum atomic E-state index is 0.329. The van der Waals surface area contributed by atoms with Crippen LogP contribution >= 0.6 is 23.2 Å². The van der Waals surface area contributed by atoms with Crippen molar-refractivity contribution in [2.45, 2.75) is 31.6 Å². The largest absolute Gasteiger partial charge is 0.0843 e. The van der Waals surface area contributed by atoms with Gasteiger partial charge in [-0.2, -0.15) is 0 Å². The lowest BCUT2D eigenvalue weighted by Crippen LogP contribution is -2.01. The monoisotopic (exact) mass is 290 g/mol. The third kappa shape index (κ3) is 2.80. The summed E-state index contributed by atoms with van der Waals surface area (Å²) in [4.78, 5) is 0. The second-order valence-electron chi connectivity index (χ2n) is 5.68. The Kier molecular flexibility index (Phi) is 3.32. The first-order chi connectivity index (χ1) is 9.07. The van der Waals surface area contributed by atoms with E-state index in [0.29, 0.717) is 5.41 Å². The molecule has 0 amide bonds. The molecule has 0 unspecified atom stereocenters.